The Morgan fingerprint density at radius 2 is 2.22 bits per heavy atom. The fraction of sp³-hybridized carbons (Fsp3) is 0.278. The van der Waals surface area contributed by atoms with Crippen LogP contribution in [0.5, 0.6) is 0 Å². The van der Waals surface area contributed by atoms with Gasteiger partial charge in [-0.2, -0.15) is 0 Å². The van der Waals surface area contributed by atoms with Gasteiger partial charge in [0.25, 0.3) is 5.91 Å². The van der Waals surface area contributed by atoms with Crippen molar-refractivity contribution < 1.29 is 18.1 Å². The largest absolute Gasteiger partial charge is 0.361 e. The van der Waals surface area contributed by atoms with Crippen molar-refractivity contribution in [1.82, 2.24) is 15.0 Å². The quantitative estimate of drug-likeness (QED) is 0.738. The molecule has 0 aliphatic carbocycles. The van der Waals surface area contributed by atoms with E-state index < -0.39 is 11.6 Å². The lowest BCUT2D eigenvalue weighted by Gasteiger charge is -2.25. The van der Waals surface area contributed by atoms with Crippen molar-refractivity contribution in [3.63, 3.8) is 0 Å². The van der Waals surface area contributed by atoms with Crippen LogP contribution in [0.2, 0.25) is 0 Å². The van der Waals surface area contributed by atoms with Crippen LogP contribution in [0.1, 0.15) is 32.4 Å². The number of thiazole rings is 1. The van der Waals surface area contributed by atoms with Crippen LogP contribution in [0.3, 0.4) is 0 Å². The molecule has 27 heavy (non-hydrogen) atoms. The molecule has 0 saturated carbocycles. The molecular weight excluding hydrogens is 374 g/mol. The molecule has 0 spiro atoms. The van der Waals surface area contributed by atoms with Crippen LogP contribution in [0.15, 0.2) is 28.8 Å². The lowest BCUT2D eigenvalue weighted by atomic mass is 10.1. The van der Waals surface area contributed by atoms with Crippen LogP contribution in [0.4, 0.5) is 13.9 Å². The highest BCUT2D eigenvalue weighted by Crippen LogP contribution is 2.29. The number of amides is 1. The van der Waals surface area contributed by atoms with Crippen LogP contribution in [-0.4, -0.2) is 27.5 Å². The molecule has 0 unspecified atom stereocenters. The topological polar surface area (TPSA) is 71.3 Å². The fourth-order valence-electron chi connectivity index (χ4n) is 2.98. The zero-order chi connectivity index (χ0) is 19.0. The molecular formula is C18H16F2N4O2S. The number of nitrogens with one attached hydrogen (secondary N) is 1. The summed E-state index contributed by atoms with van der Waals surface area (Å²) in [6.45, 7) is 3.28. The minimum atomic E-state index is -0.449. The third kappa shape index (κ3) is 3.88. The van der Waals surface area contributed by atoms with E-state index in [0.717, 1.165) is 22.7 Å². The van der Waals surface area contributed by atoms with E-state index in [4.69, 9.17) is 4.52 Å². The number of carbonyl (C=O) groups is 1. The van der Waals surface area contributed by atoms with Crippen molar-refractivity contribution in [1.29, 1.82) is 0 Å². The lowest BCUT2D eigenvalue weighted by molar-refractivity contribution is 0.101. The molecule has 0 fully saturated rings. The number of benzene rings is 1. The molecule has 140 valence electrons. The van der Waals surface area contributed by atoms with Gasteiger partial charge in [-0.25, -0.2) is 13.8 Å². The molecule has 1 aliphatic heterocycles. The Bertz CT molecular complexity index is 1000. The average Bonchev–Trinajstić information content (AvgIpc) is 3.23. The summed E-state index contributed by atoms with van der Waals surface area (Å²) in [6, 6.07) is 5.04. The van der Waals surface area contributed by atoms with Gasteiger partial charge in [-0.1, -0.05) is 5.16 Å². The Kier molecular flexibility index (Phi) is 4.71. The summed E-state index contributed by atoms with van der Waals surface area (Å²) in [4.78, 5) is 19.7. The van der Waals surface area contributed by atoms with E-state index in [1.807, 2.05) is 4.90 Å². The number of aromatic nitrogens is 2. The molecule has 1 aliphatic rings. The molecule has 9 heteroatoms. The summed E-state index contributed by atoms with van der Waals surface area (Å²) in [7, 11) is 0. The van der Waals surface area contributed by atoms with Crippen LogP contribution in [-0.2, 0) is 19.5 Å². The summed E-state index contributed by atoms with van der Waals surface area (Å²) < 4.78 is 32.1. The molecule has 0 atom stereocenters. The van der Waals surface area contributed by atoms with Gasteiger partial charge >= 0.3 is 0 Å². The van der Waals surface area contributed by atoms with Gasteiger partial charge in [0.05, 0.1) is 5.69 Å². The van der Waals surface area contributed by atoms with Crippen LogP contribution in [0, 0.1) is 18.6 Å². The highest BCUT2D eigenvalue weighted by atomic mass is 32.1. The van der Waals surface area contributed by atoms with E-state index in [-0.39, 0.29) is 11.6 Å². The van der Waals surface area contributed by atoms with Crippen molar-refractivity contribution in [2.45, 2.75) is 26.4 Å². The summed E-state index contributed by atoms with van der Waals surface area (Å²) in [6.07, 6.45) is 0.682. The van der Waals surface area contributed by atoms with Gasteiger partial charge in [0, 0.05) is 42.6 Å². The van der Waals surface area contributed by atoms with Gasteiger partial charge in [-0.15, -0.1) is 11.3 Å². The molecule has 3 heterocycles. The standard InChI is InChI=1S/C18H16F2N4O2S/c1-10-6-15(23-26-10)17(25)22-18-21-14-4-5-24(9-16(14)27-18)8-11-7-12(19)2-3-13(11)20/h2-3,6-7H,4-5,8-9H2,1H3,(H,21,22,25). The van der Waals surface area contributed by atoms with E-state index in [9.17, 15) is 13.6 Å². The first-order chi connectivity index (χ1) is 13.0. The summed E-state index contributed by atoms with van der Waals surface area (Å²) in [5, 5.41) is 6.90. The maximum absolute atomic E-state index is 13.9. The van der Waals surface area contributed by atoms with Crippen molar-refractivity contribution in [2.75, 3.05) is 11.9 Å². The molecule has 1 aromatic carbocycles. The SMILES string of the molecule is Cc1cc(C(=O)Nc2nc3c(s2)CN(Cc2cc(F)ccc2F)CC3)no1. The number of carbonyl (C=O) groups excluding carboxylic acids is 1. The molecule has 3 aromatic rings. The number of aryl methyl sites for hydroxylation is 1. The fourth-order valence-corrected chi connectivity index (χ4v) is 4.02. The smallest absolute Gasteiger partial charge is 0.279 e. The van der Waals surface area contributed by atoms with E-state index in [0.29, 0.717) is 42.5 Å². The van der Waals surface area contributed by atoms with Gasteiger partial charge in [0.1, 0.15) is 17.4 Å². The first-order valence-corrected chi connectivity index (χ1v) is 9.19. The van der Waals surface area contributed by atoms with Crippen LogP contribution < -0.4 is 5.32 Å². The van der Waals surface area contributed by atoms with Crippen molar-refractivity contribution in [3.8, 4) is 0 Å². The Labute approximate surface area is 157 Å². The summed E-state index contributed by atoms with van der Waals surface area (Å²) >= 11 is 1.38. The molecule has 1 N–H and O–H groups in total. The molecule has 1 amide bonds. The predicted octanol–water partition coefficient (Wildman–Crippen LogP) is 3.53. The van der Waals surface area contributed by atoms with Crippen LogP contribution >= 0.6 is 11.3 Å². The average molecular weight is 390 g/mol. The molecule has 0 saturated heterocycles. The van der Waals surface area contributed by atoms with Crippen molar-refractivity contribution in [3.05, 3.63) is 63.5 Å². The first kappa shape index (κ1) is 17.7. The van der Waals surface area contributed by atoms with E-state index in [1.165, 1.54) is 17.4 Å². The van der Waals surface area contributed by atoms with Gasteiger partial charge < -0.3 is 4.52 Å². The molecule has 2 aromatic heterocycles. The third-order valence-corrected chi connectivity index (χ3v) is 5.29. The van der Waals surface area contributed by atoms with Gasteiger partial charge in [0.2, 0.25) is 0 Å². The van der Waals surface area contributed by atoms with Gasteiger partial charge in [-0.05, 0) is 25.1 Å². The highest BCUT2D eigenvalue weighted by molar-refractivity contribution is 7.15. The second-order valence-corrected chi connectivity index (χ2v) is 7.45. The first-order valence-electron chi connectivity index (χ1n) is 8.37. The molecule has 6 nitrogen and oxygen atoms in total. The zero-order valence-corrected chi connectivity index (χ0v) is 15.3. The molecule has 0 radical (unpaired) electrons. The Morgan fingerprint density at radius 3 is 3.00 bits per heavy atom. The highest BCUT2D eigenvalue weighted by Gasteiger charge is 2.23. The number of anilines is 1. The Hall–Kier alpha value is -2.65. The second-order valence-electron chi connectivity index (χ2n) is 6.36. The summed E-state index contributed by atoms with van der Waals surface area (Å²) in [5.74, 6) is -0.687. The number of nitrogens with zero attached hydrogens (tertiary/aromatic N) is 3. The van der Waals surface area contributed by atoms with Gasteiger partial charge in [0.15, 0.2) is 10.8 Å². The lowest BCUT2D eigenvalue weighted by Crippen LogP contribution is -2.29. The number of rotatable bonds is 4. The van der Waals surface area contributed by atoms with E-state index in [2.05, 4.69) is 15.5 Å². The van der Waals surface area contributed by atoms with Crippen LogP contribution in [0.25, 0.3) is 0 Å². The van der Waals surface area contributed by atoms with E-state index in [1.54, 1.807) is 13.0 Å². The number of hydrogen-bond acceptors (Lipinski definition) is 6. The maximum Gasteiger partial charge on any atom is 0.279 e. The Balaban J connectivity index is 1.44. The summed E-state index contributed by atoms with van der Waals surface area (Å²) in [5.41, 5.74) is 1.45. The number of hydrogen-bond donors (Lipinski definition) is 1. The number of fused-ring (bicyclic) bond motifs is 1. The zero-order valence-electron chi connectivity index (χ0n) is 14.5. The number of halogens is 2. The van der Waals surface area contributed by atoms with Gasteiger partial charge in [-0.3, -0.25) is 15.0 Å². The Morgan fingerprint density at radius 1 is 1.37 bits per heavy atom. The normalized spacial score (nSPS) is 14.2. The second kappa shape index (κ2) is 7.16. The minimum absolute atomic E-state index is 0.198. The molecule has 0 bridgehead atoms. The van der Waals surface area contributed by atoms with E-state index >= 15 is 0 Å². The monoisotopic (exact) mass is 390 g/mol. The third-order valence-electron chi connectivity index (χ3n) is 4.29. The van der Waals surface area contributed by atoms with Crippen molar-refractivity contribution in [2.24, 2.45) is 0 Å². The molecule has 4 rings (SSSR count). The minimum Gasteiger partial charge on any atom is -0.361 e. The van der Waals surface area contributed by atoms with Crippen molar-refractivity contribution >= 4 is 22.4 Å². The predicted molar refractivity (Wildman–Crippen MR) is 95.5 cm³/mol. The maximum atomic E-state index is 13.9.